The van der Waals surface area contributed by atoms with Crippen molar-refractivity contribution in [3.63, 3.8) is 0 Å². The Kier molecular flexibility index (Phi) is 12.6. The SMILES string of the molecule is CC(C)CCCCC(=O)[O-].C[N+](C)(C)CCCO. The van der Waals surface area contributed by atoms with Gasteiger partial charge in [-0.25, -0.2) is 0 Å². The van der Waals surface area contributed by atoms with Gasteiger partial charge in [-0.3, -0.25) is 0 Å². The number of aliphatic hydroxyl groups excluding tert-OH is 1. The second-order valence-corrected chi connectivity index (χ2v) is 6.10. The fourth-order valence-electron chi connectivity index (χ4n) is 1.37. The van der Waals surface area contributed by atoms with E-state index in [2.05, 4.69) is 35.0 Å². The molecule has 0 aliphatic heterocycles. The number of carbonyl (C=O) groups excluding carboxylic acids is 1. The van der Waals surface area contributed by atoms with Gasteiger partial charge in [0.25, 0.3) is 0 Å². The van der Waals surface area contributed by atoms with Gasteiger partial charge in [0.1, 0.15) is 0 Å². The van der Waals surface area contributed by atoms with Crippen molar-refractivity contribution < 1.29 is 19.5 Å². The lowest BCUT2D eigenvalue weighted by atomic mass is 10.1. The zero-order valence-corrected chi connectivity index (χ0v) is 12.7. The van der Waals surface area contributed by atoms with Gasteiger partial charge in [0, 0.05) is 19.0 Å². The van der Waals surface area contributed by atoms with Crippen molar-refractivity contribution in [2.45, 2.75) is 46.0 Å². The predicted octanol–water partition coefficient (Wildman–Crippen LogP) is 1.03. The summed E-state index contributed by atoms with van der Waals surface area (Å²) in [5.74, 6) is -0.245. The van der Waals surface area contributed by atoms with Gasteiger partial charge in [-0.1, -0.05) is 26.7 Å². The highest BCUT2D eigenvalue weighted by atomic mass is 16.4. The number of nitrogens with zero attached hydrogens (tertiary/aromatic N) is 1. The molecular formula is C14H31NO3. The van der Waals surface area contributed by atoms with Gasteiger partial charge >= 0.3 is 0 Å². The van der Waals surface area contributed by atoms with Crippen LogP contribution in [-0.2, 0) is 4.79 Å². The van der Waals surface area contributed by atoms with E-state index >= 15 is 0 Å². The van der Waals surface area contributed by atoms with Crippen molar-refractivity contribution in [1.29, 1.82) is 0 Å². The molecule has 0 amide bonds. The van der Waals surface area contributed by atoms with Crippen LogP contribution in [0, 0.1) is 5.92 Å². The number of carboxylic acid groups (broad SMARTS) is 1. The van der Waals surface area contributed by atoms with Gasteiger partial charge in [-0.2, -0.15) is 0 Å². The van der Waals surface area contributed by atoms with Crippen LogP contribution in [0.15, 0.2) is 0 Å². The van der Waals surface area contributed by atoms with Gasteiger partial charge in [-0.05, 0) is 18.8 Å². The van der Waals surface area contributed by atoms with Crippen molar-refractivity contribution >= 4 is 5.97 Å². The molecule has 0 rings (SSSR count). The molecule has 0 aromatic carbocycles. The van der Waals surface area contributed by atoms with E-state index in [1.165, 1.54) is 0 Å². The Morgan fingerprint density at radius 1 is 1.17 bits per heavy atom. The predicted molar refractivity (Wildman–Crippen MR) is 72.9 cm³/mol. The average Bonchev–Trinajstić information content (AvgIpc) is 2.21. The molecule has 0 unspecified atom stereocenters. The number of aliphatic carboxylic acids is 1. The minimum absolute atomic E-state index is 0.215. The van der Waals surface area contributed by atoms with Crippen LogP contribution in [0.1, 0.15) is 46.0 Å². The third-order valence-corrected chi connectivity index (χ3v) is 2.40. The highest BCUT2D eigenvalue weighted by Gasteiger charge is 2.03. The van der Waals surface area contributed by atoms with Crippen molar-refractivity contribution in [1.82, 2.24) is 0 Å². The minimum atomic E-state index is -0.927. The number of unbranched alkanes of at least 4 members (excludes halogenated alkanes) is 1. The number of hydrogen-bond donors (Lipinski definition) is 1. The summed E-state index contributed by atoms with van der Waals surface area (Å²) in [6, 6.07) is 0. The number of aliphatic hydroxyl groups is 1. The summed E-state index contributed by atoms with van der Waals surface area (Å²) in [5.41, 5.74) is 0. The summed E-state index contributed by atoms with van der Waals surface area (Å²) in [6.07, 6.45) is 4.01. The van der Waals surface area contributed by atoms with Gasteiger partial charge in [0.15, 0.2) is 0 Å². The normalized spacial score (nSPS) is 11.1. The standard InChI is InChI=1S/C8H16O2.C6H16NO/c1-7(2)5-3-4-6-8(9)10;1-7(2,3)5-4-6-8/h7H,3-6H2,1-2H3,(H,9,10);8H,4-6H2,1-3H3/q;+1/p-1. The Morgan fingerprint density at radius 3 is 2.00 bits per heavy atom. The average molecular weight is 261 g/mol. The van der Waals surface area contributed by atoms with Crippen LogP contribution in [0.5, 0.6) is 0 Å². The Labute approximate surface area is 112 Å². The quantitative estimate of drug-likeness (QED) is 0.524. The third-order valence-electron chi connectivity index (χ3n) is 2.40. The number of hydrogen-bond acceptors (Lipinski definition) is 3. The van der Waals surface area contributed by atoms with Crippen LogP contribution in [0.3, 0.4) is 0 Å². The molecule has 0 heterocycles. The second-order valence-electron chi connectivity index (χ2n) is 6.10. The Balaban J connectivity index is 0. The Morgan fingerprint density at radius 2 is 1.72 bits per heavy atom. The maximum atomic E-state index is 9.93. The topological polar surface area (TPSA) is 60.4 Å². The van der Waals surface area contributed by atoms with E-state index in [1.54, 1.807) is 0 Å². The maximum absolute atomic E-state index is 9.93. The summed E-state index contributed by atoms with van der Waals surface area (Å²) < 4.78 is 0.945. The molecule has 0 bridgehead atoms. The highest BCUT2D eigenvalue weighted by Crippen LogP contribution is 2.07. The van der Waals surface area contributed by atoms with Crippen LogP contribution in [0.25, 0.3) is 0 Å². The van der Waals surface area contributed by atoms with Crippen molar-refractivity contribution in [2.24, 2.45) is 5.92 Å². The molecule has 110 valence electrons. The van der Waals surface area contributed by atoms with Crippen LogP contribution in [0.4, 0.5) is 0 Å². The second kappa shape index (κ2) is 11.5. The van der Waals surface area contributed by atoms with E-state index in [-0.39, 0.29) is 6.42 Å². The number of quaternary nitrogens is 1. The monoisotopic (exact) mass is 261 g/mol. The first-order valence-electron chi connectivity index (χ1n) is 6.80. The molecule has 4 nitrogen and oxygen atoms in total. The van der Waals surface area contributed by atoms with Gasteiger partial charge < -0.3 is 19.5 Å². The van der Waals surface area contributed by atoms with Gasteiger partial charge in [0.05, 0.1) is 27.7 Å². The summed E-state index contributed by atoms with van der Waals surface area (Å²) in [6.45, 7) is 5.64. The van der Waals surface area contributed by atoms with E-state index in [1.807, 2.05) is 0 Å². The van der Waals surface area contributed by atoms with Crippen LogP contribution in [0.2, 0.25) is 0 Å². The van der Waals surface area contributed by atoms with Crippen LogP contribution < -0.4 is 5.11 Å². The molecule has 1 N–H and O–H groups in total. The highest BCUT2D eigenvalue weighted by molar-refractivity contribution is 5.63. The first-order chi connectivity index (χ1) is 8.19. The van der Waals surface area contributed by atoms with E-state index in [4.69, 9.17) is 5.11 Å². The smallest absolute Gasteiger partial charge is 0.0802 e. The molecule has 0 aromatic heterocycles. The van der Waals surface area contributed by atoms with E-state index < -0.39 is 5.97 Å². The number of carbonyl (C=O) groups is 1. The molecule has 0 atom stereocenters. The fraction of sp³-hybridized carbons (Fsp3) is 0.929. The van der Waals surface area contributed by atoms with Crippen molar-refractivity contribution in [2.75, 3.05) is 34.3 Å². The first-order valence-corrected chi connectivity index (χ1v) is 6.80. The fourth-order valence-corrected chi connectivity index (χ4v) is 1.37. The lowest BCUT2D eigenvalue weighted by Crippen LogP contribution is -2.35. The first kappa shape index (κ1) is 19.7. The molecule has 0 aliphatic carbocycles. The van der Waals surface area contributed by atoms with E-state index in [0.29, 0.717) is 12.5 Å². The number of rotatable bonds is 8. The molecule has 0 aliphatic rings. The maximum Gasteiger partial charge on any atom is 0.0802 e. The molecule has 0 saturated carbocycles. The van der Waals surface area contributed by atoms with Gasteiger partial charge in [-0.15, -0.1) is 0 Å². The summed E-state index contributed by atoms with van der Waals surface area (Å²) in [4.78, 5) is 9.93. The molecule has 4 heteroatoms. The van der Waals surface area contributed by atoms with Gasteiger partial charge in [0.2, 0.25) is 0 Å². The molecule has 18 heavy (non-hydrogen) atoms. The molecule has 0 spiro atoms. The third kappa shape index (κ3) is 24.6. The summed E-state index contributed by atoms with van der Waals surface area (Å²) in [7, 11) is 6.36. The van der Waals surface area contributed by atoms with Crippen LogP contribution in [-0.4, -0.2) is 49.9 Å². The van der Waals surface area contributed by atoms with Crippen molar-refractivity contribution in [3.05, 3.63) is 0 Å². The summed E-state index contributed by atoms with van der Waals surface area (Å²) >= 11 is 0. The molecular weight excluding hydrogens is 230 g/mol. The number of carboxylic acids is 1. The van der Waals surface area contributed by atoms with E-state index in [9.17, 15) is 9.90 Å². The van der Waals surface area contributed by atoms with E-state index in [0.717, 1.165) is 36.7 Å². The zero-order valence-electron chi connectivity index (χ0n) is 12.7. The van der Waals surface area contributed by atoms with Crippen molar-refractivity contribution in [3.8, 4) is 0 Å². The molecule has 0 fully saturated rings. The zero-order chi connectivity index (χ0) is 14.6. The van der Waals surface area contributed by atoms with Crippen LogP contribution >= 0.6 is 0 Å². The Hall–Kier alpha value is -0.610. The minimum Gasteiger partial charge on any atom is -0.550 e. The lowest BCUT2D eigenvalue weighted by Gasteiger charge is -2.22. The lowest BCUT2D eigenvalue weighted by molar-refractivity contribution is -0.870. The molecule has 0 radical (unpaired) electrons. The largest absolute Gasteiger partial charge is 0.550 e. The molecule has 0 saturated heterocycles. The molecule has 0 aromatic rings. The Bertz CT molecular complexity index is 198. The summed E-state index contributed by atoms with van der Waals surface area (Å²) in [5, 5.41) is 18.4.